The number of hydrogen-bond acceptors (Lipinski definition) is 6. The number of ether oxygens (including phenoxy) is 2. The fourth-order valence-electron chi connectivity index (χ4n) is 1.97. The molecule has 0 amide bonds. The van der Waals surface area contributed by atoms with Crippen LogP contribution in [0.5, 0.6) is 11.5 Å². The van der Waals surface area contributed by atoms with Crippen molar-refractivity contribution < 1.29 is 14.4 Å². The Labute approximate surface area is 125 Å². The zero-order valence-electron chi connectivity index (χ0n) is 11.3. The normalized spacial score (nSPS) is 13.8. The van der Waals surface area contributed by atoms with E-state index in [2.05, 4.69) is 4.98 Å². The Balaban J connectivity index is 1.90. The largest absolute Gasteiger partial charge is 0.490 e. The molecule has 21 heavy (non-hydrogen) atoms. The molecule has 0 N–H and O–H groups in total. The number of aromatic nitrogens is 2. The van der Waals surface area contributed by atoms with Crippen molar-refractivity contribution in [1.82, 2.24) is 9.55 Å². The number of aryl methyl sites for hydroxylation is 1. The summed E-state index contributed by atoms with van der Waals surface area (Å²) in [5, 5.41) is 11.5. The molecule has 3 rings (SSSR count). The van der Waals surface area contributed by atoms with Crippen LogP contribution in [0.25, 0.3) is 0 Å². The van der Waals surface area contributed by atoms with Gasteiger partial charge in [-0.2, -0.15) is 0 Å². The van der Waals surface area contributed by atoms with Gasteiger partial charge in [0.1, 0.15) is 0 Å². The van der Waals surface area contributed by atoms with Gasteiger partial charge < -0.3 is 24.2 Å². The van der Waals surface area contributed by atoms with Crippen molar-refractivity contribution in [3.8, 4) is 11.5 Å². The highest BCUT2D eigenvalue weighted by Crippen LogP contribution is 2.38. The lowest BCUT2D eigenvalue weighted by atomic mass is 10.3. The van der Waals surface area contributed by atoms with Gasteiger partial charge in [0.25, 0.3) is 0 Å². The Morgan fingerprint density at radius 2 is 2.10 bits per heavy atom. The lowest BCUT2D eigenvalue weighted by molar-refractivity contribution is -0.392. The molecular weight excluding hydrogens is 294 g/mol. The van der Waals surface area contributed by atoms with Crippen LogP contribution in [-0.4, -0.2) is 27.7 Å². The number of benzene rings is 1. The van der Waals surface area contributed by atoms with Crippen LogP contribution < -0.4 is 9.47 Å². The van der Waals surface area contributed by atoms with E-state index in [4.69, 9.17) is 9.47 Å². The minimum absolute atomic E-state index is 0.144. The molecule has 0 saturated carbocycles. The Hall–Kier alpha value is -2.22. The Bertz CT molecular complexity index is 686. The van der Waals surface area contributed by atoms with Crippen molar-refractivity contribution in [2.45, 2.75) is 16.3 Å². The molecule has 2 heterocycles. The molecule has 0 radical (unpaired) electrons. The fraction of sp³-hybridized carbons (Fsp3) is 0.308. The number of nitrogens with zero attached hydrogens (tertiary/aromatic N) is 3. The maximum Gasteiger partial charge on any atom is 0.396 e. The van der Waals surface area contributed by atoms with Crippen LogP contribution in [0, 0.1) is 10.1 Å². The van der Waals surface area contributed by atoms with E-state index < -0.39 is 4.92 Å². The summed E-state index contributed by atoms with van der Waals surface area (Å²) in [4.78, 5) is 15.1. The van der Waals surface area contributed by atoms with Gasteiger partial charge in [0.15, 0.2) is 16.5 Å². The molecule has 1 aromatic heterocycles. The third-order valence-electron chi connectivity index (χ3n) is 2.97. The standard InChI is InChI=1S/C13H13N3O4S/c1-15-8-14-12(16(17)18)13(15)21-9-3-4-10-11(7-9)20-6-2-5-19-10/h3-4,7-8H,2,5-6H2,1H3. The number of fused-ring (bicyclic) bond motifs is 1. The van der Waals surface area contributed by atoms with Gasteiger partial charge in [-0.3, -0.25) is 0 Å². The van der Waals surface area contributed by atoms with Gasteiger partial charge >= 0.3 is 5.82 Å². The van der Waals surface area contributed by atoms with E-state index in [-0.39, 0.29) is 5.82 Å². The first-order chi connectivity index (χ1) is 10.1. The average molecular weight is 307 g/mol. The number of nitro groups is 1. The Morgan fingerprint density at radius 1 is 1.33 bits per heavy atom. The average Bonchev–Trinajstić information content (AvgIpc) is 2.69. The fourth-order valence-corrected chi connectivity index (χ4v) is 2.90. The first-order valence-corrected chi connectivity index (χ1v) is 7.20. The van der Waals surface area contributed by atoms with Crippen molar-refractivity contribution >= 4 is 17.6 Å². The van der Waals surface area contributed by atoms with Crippen LogP contribution in [-0.2, 0) is 7.05 Å². The SMILES string of the molecule is Cn1cnc([N+](=O)[O-])c1Sc1ccc2c(c1)OCCCO2. The van der Waals surface area contributed by atoms with Crippen LogP contribution in [0.4, 0.5) is 5.82 Å². The lowest BCUT2D eigenvalue weighted by Crippen LogP contribution is -1.97. The van der Waals surface area contributed by atoms with E-state index in [1.165, 1.54) is 18.1 Å². The highest BCUT2D eigenvalue weighted by Gasteiger charge is 2.21. The summed E-state index contributed by atoms with van der Waals surface area (Å²) in [7, 11) is 1.73. The molecule has 7 nitrogen and oxygen atoms in total. The third kappa shape index (κ3) is 2.80. The van der Waals surface area contributed by atoms with E-state index in [0.717, 1.165) is 11.3 Å². The monoisotopic (exact) mass is 307 g/mol. The number of hydrogen-bond donors (Lipinski definition) is 0. The first-order valence-electron chi connectivity index (χ1n) is 6.38. The summed E-state index contributed by atoms with van der Waals surface area (Å²) in [5.41, 5.74) is 0. The second kappa shape index (κ2) is 5.65. The first kappa shape index (κ1) is 13.7. The van der Waals surface area contributed by atoms with Crippen molar-refractivity contribution in [3.05, 3.63) is 34.6 Å². The maximum absolute atomic E-state index is 11.0. The van der Waals surface area contributed by atoms with Crippen molar-refractivity contribution in [2.24, 2.45) is 7.05 Å². The summed E-state index contributed by atoms with van der Waals surface area (Å²) < 4.78 is 12.8. The van der Waals surface area contributed by atoms with Gasteiger partial charge in [-0.25, -0.2) is 0 Å². The number of rotatable bonds is 3. The van der Waals surface area contributed by atoms with Gasteiger partial charge in [-0.15, -0.1) is 0 Å². The van der Waals surface area contributed by atoms with E-state index >= 15 is 0 Å². The molecule has 1 aliphatic rings. The highest BCUT2D eigenvalue weighted by atomic mass is 32.2. The predicted molar refractivity (Wildman–Crippen MR) is 76.0 cm³/mol. The zero-order chi connectivity index (χ0) is 14.8. The molecule has 0 aliphatic carbocycles. The second-order valence-corrected chi connectivity index (χ2v) is 5.56. The zero-order valence-corrected chi connectivity index (χ0v) is 12.1. The van der Waals surface area contributed by atoms with Gasteiger partial charge in [-0.05, 0) is 28.1 Å². The smallest absolute Gasteiger partial charge is 0.396 e. The van der Waals surface area contributed by atoms with Gasteiger partial charge in [-0.1, -0.05) is 11.8 Å². The number of imidazole rings is 1. The van der Waals surface area contributed by atoms with E-state index in [1.54, 1.807) is 11.6 Å². The Kier molecular flexibility index (Phi) is 3.70. The van der Waals surface area contributed by atoms with E-state index in [1.807, 2.05) is 18.2 Å². The summed E-state index contributed by atoms with van der Waals surface area (Å²) in [6.07, 6.45) is 2.27. The molecule has 110 valence electrons. The maximum atomic E-state index is 11.0. The van der Waals surface area contributed by atoms with Crippen LogP contribution in [0.3, 0.4) is 0 Å². The summed E-state index contributed by atoms with van der Waals surface area (Å²) in [6, 6.07) is 5.52. The lowest BCUT2D eigenvalue weighted by Gasteiger charge is -2.09. The second-order valence-electron chi connectivity index (χ2n) is 4.50. The molecule has 8 heteroatoms. The van der Waals surface area contributed by atoms with E-state index in [9.17, 15) is 10.1 Å². The topological polar surface area (TPSA) is 79.4 Å². The van der Waals surface area contributed by atoms with Crippen molar-refractivity contribution in [2.75, 3.05) is 13.2 Å². The van der Waals surface area contributed by atoms with Gasteiger partial charge in [0.05, 0.1) is 13.2 Å². The molecule has 2 aromatic rings. The van der Waals surface area contributed by atoms with Crippen LogP contribution in [0.2, 0.25) is 0 Å². The summed E-state index contributed by atoms with van der Waals surface area (Å²) in [6.45, 7) is 1.24. The van der Waals surface area contributed by atoms with Crippen LogP contribution >= 0.6 is 11.8 Å². The molecule has 0 fully saturated rings. The molecule has 1 aliphatic heterocycles. The Morgan fingerprint density at radius 3 is 2.86 bits per heavy atom. The molecule has 0 spiro atoms. The molecule has 1 aromatic carbocycles. The van der Waals surface area contributed by atoms with Gasteiger partial charge in [0, 0.05) is 18.4 Å². The quantitative estimate of drug-likeness (QED) is 0.640. The summed E-state index contributed by atoms with van der Waals surface area (Å²) >= 11 is 1.28. The molecule has 0 atom stereocenters. The minimum Gasteiger partial charge on any atom is -0.490 e. The molecule has 0 unspecified atom stereocenters. The van der Waals surface area contributed by atoms with Crippen LogP contribution in [0.1, 0.15) is 6.42 Å². The highest BCUT2D eigenvalue weighted by molar-refractivity contribution is 7.99. The third-order valence-corrected chi connectivity index (χ3v) is 4.12. The minimum atomic E-state index is -0.481. The predicted octanol–water partition coefficient (Wildman–Crippen LogP) is 2.64. The van der Waals surface area contributed by atoms with Crippen molar-refractivity contribution in [1.29, 1.82) is 0 Å². The molecular formula is C13H13N3O4S. The van der Waals surface area contributed by atoms with Crippen molar-refractivity contribution in [3.63, 3.8) is 0 Å². The summed E-state index contributed by atoms with van der Waals surface area (Å²) in [5.74, 6) is 1.23. The van der Waals surface area contributed by atoms with E-state index in [0.29, 0.717) is 29.7 Å². The molecule has 0 saturated heterocycles. The molecule has 0 bridgehead atoms. The van der Waals surface area contributed by atoms with Gasteiger partial charge in [0.2, 0.25) is 6.33 Å². The van der Waals surface area contributed by atoms with Crippen LogP contribution in [0.15, 0.2) is 34.4 Å².